The number of rotatable bonds is 7. The van der Waals surface area contributed by atoms with E-state index >= 15 is 0 Å². The van der Waals surface area contributed by atoms with Gasteiger partial charge in [-0.2, -0.15) is 0 Å². The highest BCUT2D eigenvalue weighted by molar-refractivity contribution is 6.12. The molecule has 0 saturated heterocycles. The largest absolute Gasteiger partial charge is 0.456 e. The van der Waals surface area contributed by atoms with Crippen LogP contribution in [0.1, 0.15) is 0 Å². The van der Waals surface area contributed by atoms with Crippen LogP contribution in [-0.2, 0) is 0 Å². The maximum absolute atomic E-state index is 7.01. The Morgan fingerprint density at radius 1 is 0.375 bits per heavy atom. The number of nitrogens with zero attached hydrogens (tertiary/aromatic N) is 2. The molecule has 0 unspecified atom stereocenters. The molecule has 4 heteroatoms. The van der Waals surface area contributed by atoms with E-state index in [0.29, 0.717) is 0 Å². The Bertz CT molecular complexity index is 3010. The highest BCUT2D eigenvalue weighted by atomic mass is 16.5. The van der Waals surface area contributed by atoms with Crippen molar-refractivity contribution in [3.63, 3.8) is 0 Å². The maximum atomic E-state index is 7.01. The van der Waals surface area contributed by atoms with Crippen molar-refractivity contribution in [2.24, 2.45) is 0 Å². The van der Waals surface area contributed by atoms with Crippen LogP contribution >= 0.6 is 0 Å². The van der Waals surface area contributed by atoms with E-state index in [-0.39, 0.29) is 0 Å². The lowest BCUT2D eigenvalue weighted by molar-refractivity contribution is 0.487. The molecule has 1 aromatic heterocycles. The third-order valence-corrected chi connectivity index (χ3v) is 10.8. The standard InChI is InChI=1S/C52H34N2O2/c1-4-15-35(16-5-1)36-29-31-40(32-30-36)54(46-26-13-23-43-42-22-10-11-27-47(42)56-52(43)46)41-33-37-17-12-24-44-50(37)49(34-41)55-48-28-14-25-45(51(44)48)53(38-18-6-2-7-19-38)39-20-8-3-9-21-39/h1-34H. The molecule has 1 aliphatic rings. The quantitative estimate of drug-likeness (QED) is 0.164. The van der Waals surface area contributed by atoms with E-state index in [1.54, 1.807) is 0 Å². The Hall–Kier alpha value is -7.56. The molecule has 264 valence electrons. The normalized spacial score (nSPS) is 11.7. The van der Waals surface area contributed by atoms with Crippen LogP contribution in [0, 0.1) is 0 Å². The van der Waals surface area contributed by atoms with Crippen molar-refractivity contribution in [2.75, 3.05) is 9.80 Å². The zero-order chi connectivity index (χ0) is 37.0. The molecule has 0 aliphatic carbocycles. The van der Waals surface area contributed by atoms with Crippen LogP contribution in [0.4, 0.5) is 34.1 Å². The average Bonchev–Trinajstić information content (AvgIpc) is 3.65. The molecule has 2 heterocycles. The Balaban J connectivity index is 1.11. The number of hydrogen-bond donors (Lipinski definition) is 0. The molecule has 10 aromatic rings. The summed E-state index contributed by atoms with van der Waals surface area (Å²) in [4.78, 5) is 4.61. The summed E-state index contributed by atoms with van der Waals surface area (Å²) in [6.45, 7) is 0. The van der Waals surface area contributed by atoms with Gasteiger partial charge in [0.15, 0.2) is 5.58 Å². The number of anilines is 6. The molecule has 0 N–H and O–H groups in total. The second-order valence-corrected chi connectivity index (χ2v) is 14.1. The predicted octanol–water partition coefficient (Wildman–Crippen LogP) is 15.1. The SMILES string of the molecule is c1ccc(-c2ccc(N(c3cc4c5c(cccc5c3)-c3c(cccc3N(c3ccccc3)c3ccccc3)O4)c3cccc4c3oc3ccccc34)cc2)cc1. The minimum absolute atomic E-state index is 0.811. The van der Waals surface area contributed by atoms with Crippen LogP contribution in [0.5, 0.6) is 11.5 Å². The van der Waals surface area contributed by atoms with Crippen molar-refractivity contribution in [1.82, 2.24) is 0 Å². The van der Waals surface area contributed by atoms with Crippen molar-refractivity contribution in [1.29, 1.82) is 0 Å². The Labute approximate surface area is 324 Å². The van der Waals surface area contributed by atoms with Crippen LogP contribution < -0.4 is 14.5 Å². The summed E-state index contributed by atoms with van der Waals surface area (Å²) in [5.41, 5.74) is 12.4. The van der Waals surface area contributed by atoms with E-state index in [4.69, 9.17) is 9.15 Å². The van der Waals surface area contributed by atoms with Crippen LogP contribution in [0.3, 0.4) is 0 Å². The van der Waals surface area contributed by atoms with E-state index in [2.05, 4.69) is 204 Å². The first-order chi connectivity index (χ1) is 27.8. The smallest absolute Gasteiger partial charge is 0.159 e. The maximum Gasteiger partial charge on any atom is 0.159 e. The minimum atomic E-state index is 0.811. The van der Waals surface area contributed by atoms with E-state index < -0.39 is 0 Å². The summed E-state index contributed by atoms with van der Waals surface area (Å²) in [6, 6.07) is 72.4. The fraction of sp³-hybridized carbons (Fsp3) is 0. The molecule has 0 atom stereocenters. The molecule has 56 heavy (non-hydrogen) atoms. The number of ether oxygens (including phenoxy) is 1. The highest BCUT2D eigenvalue weighted by Crippen LogP contribution is 2.54. The third-order valence-electron chi connectivity index (χ3n) is 10.8. The van der Waals surface area contributed by atoms with E-state index in [1.165, 1.54) is 5.56 Å². The lowest BCUT2D eigenvalue weighted by Crippen LogP contribution is -2.13. The van der Waals surface area contributed by atoms with Gasteiger partial charge in [-0.3, -0.25) is 0 Å². The van der Waals surface area contributed by atoms with Crippen LogP contribution in [0.25, 0.3) is 55.0 Å². The van der Waals surface area contributed by atoms with E-state index in [0.717, 1.165) is 95.0 Å². The Morgan fingerprint density at radius 3 is 1.73 bits per heavy atom. The summed E-state index contributed by atoms with van der Waals surface area (Å²) in [5.74, 6) is 1.63. The summed E-state index contributed by atoms with van der Waals surface area (Å²) in [5, 5.41) is 4.34. The van der Waals surface area contributed by atoms with Crippen molar-refractivity contribution >= 4 is 66.8 Å². The fourth-order valence-corrected chi connectivity index (χ4v) is 8.32. The minimum Gasteiger partial charge on any atom is -0.456 e. The van der Waals surface area contributed by atoms with Gasteiger partial charge in [0.2, 0.25) is 0 Å². The monoisotopic (exact) mass is 718 g/mol. The summed E-state index contributed by atoms with van der Waals surface area (Å²) < 4.78 is 13.7. The van der Waals surface area contributed by atoms with Crippen molar-refractivity contribution in [2.45, 2.75) is 0 Å². The van der Waals surface area contributed by atoms with Crippen molar-refractivity contribution in [3.8, 4) is 33.8 Å². The zero-order valence-corrected chi connectivity index (χ0v) is 30.3. The van der Waals surface area contributed by atoms with Crippen LogP contribution in [0.2, 0.25) is 0 Å². The molecule has 4 nitrogen and oxygen atoms in total. The van der Waals surface area contributed by atoms with Gasteiger partial charge in [-0.25, -0.2) is 0 Å². The summed E-state index contributed by atoms with van der Waals surface area (Å²) in [7, 11) is 0. The lowest BCUT2D eigenvalue weighted by Gasteiger charge is -2.32. The highest BCUT2D eigenvalue weighted by Gasteiger charge is 2.28. The number of furan rings is 1. The van der Waals surface area contributed by atoms with E-state index in [1.807, 2.05) is 12.1 Å². The van der Waals surface area contributed by atoms with Gasteiger partial charge in [0.25, 0.3) is 0 Å². The van der Waals surface area contributed by atoms with Gasteiger partial charge in [-0.05, 0) is 88.8 Å². The second kappa shape index (κ2) is 13.1. The van der Waals surface area contributed by atoms with Gasteiger partial charge in [0.05, 0.1) is 17.1 Å². The zero-order valence-electron chi connectivity index (χ0n) is 30.3. The molecule has 1 aliphatic heterocycles. The summed E-state index contributed by atoms with van der Waals surface area (Å²) >= 11 is 0. The molecule has 0 bridgehead atoms. The molecular formula is C52H34N2O2. The fourth-order valence-electron chi connectivity index (χ4n) is 8.32. The average molecular weight is 719 g/mol. The number of benzene rings is 9. The molecule has 11 rings (SSSR count). The van der Waals surface area contributed by atoms with Gasteiger partial charge in [0.1, 0.15) is 17.1 Å². The first kappa shape index (κ1) is 31.9. The molecule has 0 saturated carbocycles. The first-order valence-electron chi connectivity index (χ1n) is 18.9. The van der Waals surface area contributed by atoms with E-state index in [9.17, 15) is 0 Å². The van der Waals surface area contributed by atoms with Gasteiger partial charge >= 0.3 is 0 Å². The Kier molecular flexibility index (Phi) is 7.46. The molecule has 0 spiro atoms. The molecule has 0 radical (unpaired) electrons. The predicted molar refractivity (Wildman–Crippen MR) is 232 cm³/mol. The van der Waals surface area contributed by atoms with Crippen LogP contribution in [-0.4, -0.2) is 0 Å². The molecule has 0 fully saturated rings. The van der Waals surface area contributed by atoms with Gasteiger partial charge < -0.3 is 19.0 Å². The molecular weight excluding hydrogens is 685 g/mol. The molecule has 0 amide bonds. The van der Waals surface area contributed by atoms with Gasteiger partial charge in [-0.1, -0.05) is 133 Å². The molecule has 9 aromatic carbocycles. The first-order valence-corrected chi connectivity index (χ1v) is 18.9. The number of fused-ring (bicyclic) bond motifs is 5. The van der Waals surface area contributed by atoms with Gasteiger partial charge in [0, 0.05) is 44.9 Å². The number of para-hydroxylation sites is 4. The summed E-state index contributed by atoms with van der Waals surface area (Å²) in [6.07, 6.45) is 0. The van der Waals surface area contributed by atoms with Crippen molar-refractivity contribution < 1.29 is 9.15 Å². The van der Waals surface area contributed by atoms with Gasteiger partial charge in [-0.15, -0.1) is 0 Å². The number of hydrogen-bond acceptors (Lipinski definition) is 4. The van der Waals surface area contributed by atoms with Crippen LogP contribution in [0.15, 0.2) is 211 Å². The Morgan fingerprint density at radius 2 is 0.964 bits per heavy atom. The second-order valence-electron chi connectivity index (χ2n) is 14.1. The topological polar surface area (TPSA) is 28.9 Å². The third kappa shape index (κ3) is 5.23. The van der Waals surface area contributed by atoms with Crippen molar-refractivity contribution in [3.05, 3.63) is 206 Å². The lowest BCUT2D eigenvalue weighted by atomic mass is 9.92.